The number of nitrogens with zero attached hydrogens (tertiary/aromatic N) is 1. The number of carbonyl (C=O) groups is 4. The minimum absolute atomic E-state index is 0.179. The summed E-state index contributed by atoms with van der Waals surface area (Å²) in [5, 5.41) is 2.13. The molecule has 0 aromatic heterocycles. The van der Waals surface area contributed by atoms with Gasteiger partial charge >= 0.3 is 5.97 Å². The van der Waals surface area contributed by atoms with Crippen molar-refractivity contribution in [3.63, 3.8) is 0 Å². The molecule has 0 spiro atoms. The molecule has 1 N–H and O–H groups in total. The van der Waals surface area contributed by atoms with Crippen LogP contribution >= 0.6 is 11.8 Å². The first-order valence-electron chi connectivity index (χ1n) is 7.58. The van der Waals surface area contributed by atoms with E-state index in [9.17, 15) is 19.2 Å². The van der Waals surface area contributed by atoms with E-state index in [0.717, 1.165) is 16.7 Å². The van der Waals surface area contributed by atoms with Crippen LogP contribution in [0.4, 0.5) is 10.5 Å². The molecule has 132 valence electrons. The van der Waals surface area contributed by atoms with Crippen LogP contribution in [0.15, 0.2) is 29.2 Å². The normalized spacial score (nSPS) is 15.8. The summed E-state index contributed by atoms with van der Waals surface area (Å²) in [5.74, 6) is -1.33. The fourth-order valence-electron chi connectivity index (χ4n) is 2.08. The van der Waals surface area contributed by atoms with Gasteiger partial charge in [-0.2, -0.15) is 0 Å². The quantitative estimate of drug-likeness (QED) is 0.639. The molecule has 1 saturated heterocycles. The molecule has 0 saturated carbocycles. The smallest absolute Gasteiger partial charge is 0.326 e. The Morgan fingerprint density at radius 3 is 2.44 bits per heavy atom. The molecule has 0 aliphatic carbocycles. The number of imide groups is 1. The van der Waals surface area contributed by atoms with E-state index < -0.39 is 23.7 Å². The molecule has 1 aromatic rings. The summed E-state index contributed by atoms with van der Waals surface area (Å²) in [6.07, 6.45) is 1.25. The molecule has 7 nitrogen and oxygen atoms in total. The van der Waals surface area contributed by atoms with Crippen molar-refractivity contribution >= 4 is 46.5 Å². The van der Waals surface area contributed by atoms with Gasteiger partial charge in [0.05, 0.1) is 11.0 Å². The zero-order chi connectivity index (χ0) is 18.6. The fourth-order valence-corrected chi connectivity index (χ4v) is 2.92. The van der Waals surface area contributed by atoms with E-state index >= 15 is 0 Å². The van der Waals surface area contributed by atoms with E-state index in [1.165, 1.54) is 6.92 Å². The summed E-state index contributed by atoms with van der Waals surface area (Å²) in [7, 11) is 0. The third-order valence-corrected chi connectivity index (χ3v) is 3.96. The highest BCUT2D eigenvalue weighted by molar-refractivity contribution is 8.18. The van der Waals surface area contributed by atoms with Crippen LogP contribution in [-0.4, -0.2) is 40.6 Å². The number of hydrogen-bond acceptors (Lipinski definition) is 6. The second-order valence-corrected chi connectivity index (χ2v) is 6.60. The minimum Gasteiger partial charge on any atom is -0.462 e. The molecule has 0 unspecified atom stereocenters. The summed E-state index contributed by atoms with van der Waals surface area (Å²) in [4.78, 5) is 48.0. The van der Waals surface area contributed by atoms with Crippen LogP contribution < -0.4 is 5.32 Å². The Labute approximate surface area is 149 Å². The van der Waals surface area contributed by atoms with Crippen LogP contribution in [0.1, 0.15) is 26.3 Å². The molecule has 1 fully saturated rings. The Morgan fingerprint density at radius 1 is 1.24 bits per heavy atom. The summed E-state index contributed by atoms with van der Waals surface area (Å²) < 4.78 is 4.96. The van der Waals surface area contributed by atoms with Gasteiger partial charge in [0.2, 0.25) is 5.91 Å². The Morgan fingerprint density at radius 2 is 1.88 bits per heavy atom. The molecule has 0 bridgehead atoms. The molecule has 3 amide bonds. The first-order chi connectivity index (χ1) is 11.8. The molecule has 1 aliphatic heterocycles. The number of hydrogen-bond donors (Lipinski definition) is 1. The molecule has 1 aromatic carbocycles. The number of anilines is 1. The lowest BCUT2D eigenvalue weighted by Gasteiger charge is -2.13. The average Bonchev–Trinajstić information content (AvgIpc) is 2.75. The number of thioether (sulfide) groups is 1. The molecule has 0 radical (unpaired) electrons. The van der Waals surface area contributed by atoms with Crippen LogP contribution in [0.25, 0.3) is 6.08 Å². The summed E-state index contributed by atoms with van der Waals surface area (Å²) in [6.45, 7) is 4.39. The van der Waals surface area contributed by atoms with Gasteiger partial charge in [0, 0.05) is 12.6 Å². The highest BCUT2D eigenvalue weighted by Gasteiger charge is 2.36. The second-order valence-electron chi connectivity index (χ2n) is 5.61. The second kappa shape index (κ2) is 7.98. The molecular formula is C17H18N2O5S. The Hall–Kier alpha value is -2.61. The largest absolute Gasteiger partial charge is 0.462 e. The van der Waals surface area contributed by atoms with E-state index in [0.29, 0.717) is 11.3 Å². The number of nitrogens with one attached hydrogen (secondary N) is 1. The lowest BCUT2D eigenvalue weighted by molar-refractivity contribution is -0.149. The molecule has 1 aliphatic rings. The fraction of sp³-hybridized carbons (Fsp3) is 0.294. The van der Waals surface area contributed by atoms with Crippen LogP contribution in [-0.2, 0) is 19.1 Å². The lowest BCUT2D eigenvalue weighted by Crippen LogP contribution is -2.35. The Bertz CT molecular complexity index is 740. The maximum Gasteiger partial charge on any atom is 0.326 e. The average molecular weight is 362 g/mol. The standard InChI is InChI=1S/C17H18N2O5S/c1-10(2)24-15(21)9-19-16(22)14(25-17(19)23)8-12-4-6-13(7-5-12)18-11(3)20/h4-8,10H,9H2,1-3H3,(H,18,20)/b14-8+. The number of benzene rings is 1. The van der Waals surface area contributed by atoms with Crippen molar-refractivity contribution in [2.45, 2.75) is 26.9 Å². The zero-order valence-corrected chi connectivity index (χ0v) is 14.9. The van der Waals surface area contributed by atoms with Crippen molar-refractivity contribution < 1.29 is 23.9 Å². The zero-order valence-electron chi connectivity index (χ0n) is 14.1. The van der Waals surface area contributed by atoms with Crippen LogP contribution in [0, 0.1) is 0 Å². The predicted octanol–water partition coefficient (Wildman–Crippen LogP) is 2.63. The van der Waals surface area contributed by atoms with Crippen molar-refractivity contribution in [3.8, 4) is 0 Å². The number of ether oxygens (including phenoxy) is 1. The van der Waals surface area contributed by atoms with E-state index in [-0.39, 0.29) is 16.9 Å². The van der Waals surface area contributed by atoms with Crippen molar-refractivity contribution in [1.29, 1.82) is 0 Å². The summed E-state index contributed by atoms with van der Waals surface area (Å²) >= 11 is 0.773. The van der Waals surface area contributed by atoms with Gasteiger partial charge in [0.25, 0.3) is 11.1 Å². The first-order valence-corrected chi connectivity index (χ1v) is 8.40. The highest BCUT2D eigenvalue weighted by Crippen LogP contribution is 2.32. The van der Waals surface area contributed by atoms with Gasteiger partial charge in [-0.1, -0.05) is 12.1 Å². The molecule has 25 heavy (non-hydrogen) atoms. The third kappa shape index (κ3) is 5.18. The van der Waals surface area contributed by atoms with E-state index in [1.807, 2.05) is 0 Å². The summed E-state index contributed by atoms with van der Waals surface area (Å²) in [5.41, 5.74) is 1.33. The lowest BCUT2D eigenvalue weighted by atomic mass is 10.2. The number of carbonyl (C=O) groups excluding carboxylic acids is 4. The van der Waals surface area contributed by atoms with Gasteiger partial charge in [-0.3, -0.25) is 24.1 Å². The molecule has 2 rings (SSSR count). The molecular weight excluding hydrogens is 344 g/mol. The maximum absolute atomic E-state index is 12.3. The van der Waals surface area contributed by atoms with Crippen molar-refractivity contribution in [1.82, 2.24) is 4.90 Å². The van der Waals surface area contributed by atoms with Gasteiger partial charge in [-0.05, 0) is 49.4 Å². The highest BCUT2D eigenvalue weighted by atomic mass is 32.2. The van der Waals surface area contributed by atoms with Crippen molar-refractivity contribution in [2.24, 2.45) is 0 Å². The SMILES string of the molecule is CC(=O)Nc1ccc(/C=C2/SC(=O)N(CC(=O)OC(C)C)C2=O)cc1. The van der Waals surface area contributed by atoms with Gasteiger partial charge in [-0.25, -0.2) is 0 Å². The van der Waals surface area contributed by atoms with Crippen molar-refractivity contribution in [3.05, 3.63) is 34.7 Å². The monoisotopic (exact) mass is 362 g/mol. The van der Waals surface area contributed by atoms with Crippen LogP contribution in [0.2, 0.25) is 0 Å². The minimum atomic E-state index is -0.627. The van der Waals surface area contributed by atoms with E-state index in [2.05, 4.69) is 5.32 Å². The summed E-state index contributed by atoms with van der Waals surface area (Å²) in [6, 6.07) is 6.81. The van der Waals surface area contributed by atoms with E-state index in [1.54, 1.807) is 44.2 Å². The van der Waals surface area contributed by atoms with Crippen molar-refractivity contribution in [2.75, 3.05) is 11.9 Å². The van der Waals surface area contributed by atoms with Gasteiger partial charge in [-0.15, -0.1) is 0 Å². The topological polar surface area (TPSA) is 92.8 Å². The maximum atomic E-state index is 12.3. The van der Waals surface area contributed by atoms with Gasteiger partial charge in [0.15, 0.2) is 0 Å². The van der Waals surface area contributed by atoms with E-state index in [4.69, 9.17) is 4.74 Å². The molecule has 1 heterocycles. The number of rotatable bonds is 5. The number of amides is 3. The third-order valence-electron chi connectivity index (χ3n) is 3.06. The number of esters is 1. The first kappa shape index (κ1) is 18.7. The Kier molecular flexibility index (Phi) is 5.97. The predicted molar refractivity (Wildman–Crippen MR) is 94.7 cm³/mol. The van der Waals surface area contributed by atoms with Crippen LogP contribution in [0.3, 0.4) is 0 Å². The van der Waals surface area contributed by atoms with Gasteiger partial charge < -0.3 is 10.1 Å². The molecule has 8 heteroatoms. The molecule has 0 atom stereocenters. The van der Waals surface area contributed by atoms with Crippen LogP contribution in [0.5, 0.6) is 0 Å². The van der Waals surface area contributed by atoms with Gasteiger partial charge in [0.1, 0.15) is 6.54 Å². The Balaban J connectivity index is 2.09.